The molecule has 256 valence electrons. The lowest BCUT2D eigenvalue weighted by molar-refractivity contribution is -0.530. The van der Waals surface area contributed by atoms with E-state index in [1.165, 1.54) is 0 Å². The molecule has 6 unspecified atom stereocenters. The van der Waals surface area contributed by atoms with Gasteiger partial charge in [-0.2, -0.15) is 0 Å². The fourth-order valence-electron chi connectivity index (χ4n) is 8.54. The molecule has 14 nitrogen and oxygen atoms in total. The van der Waals surface area contributed by atoms with Crippen molar-refractivity contribution >= 4 is 11.9 Å². The SMILES string of the molecule is CC(C)(C1CCC(OOCC2CC([N+](=O)[O-])CCC2COO)CC1)C1CCC(OC(=O)C2CC([N+](=O)[O-])CCC2C(=O)O)CC1. The third-order valence-electron chi connectivity index (χ3n) is 11.7. The molecule has 14 heteroatoms. The van der Waals surface area contributed by atoms with Crippen LogP contribution in [-0.2, 0) is 29.0 Å². The first-order chi connectivity index (χ1) is 21.4. The molecule has 4 saturated carbocycles. The van der Waals surface area contributed by atoms with Crippen molar-refractivity contribution < 1.29 is 49.2 Å². The Kier molecular flexibility index (Phi) is 12.5. The minimum atomic E-state index is -1.10. The molecule has 0 aliphatic heterocycles. The first kappa shape index (κ1) is 35.4. The van der Waals surface area contributed by atoms with Gasteiger partial charge in [-0.1, -0.05) is 13.8 Å². The second kappa shape index (κ2) is 15.9. The van der Waals surface area contributed by atoms with Gasteiger partial charge >= 0.3 is 11.9 Å². The Morgan fingerprint density at radius 3 is 1.84 bits per heavy atom. The van der Waals surface area contributed by atoms with Crippen LogP contribution in [0.1, 0.15) is 104 Å². The van der Waals surface area contributed by atoms with Crippen LogP contribution < -0.4 is 0 Å². The van der Waals surface area contributed by atoms with Gasteiger partial charge in [-0.25, -0.2) is 14.7 Å². The molecule has 4 aliphatic rings. The average Bonchev–Trinajstić information content (AvgIpc) is 3.02. The number of ether oxygens (including phenoxy) is 1. The van der Waals surface area contributed by atoms with Crippen molar-refractivity contribution in [2.24, 2.45) is 40.9 Å². The van der Waals surface area contributed by atoms with Crippen LogP contribution in [0.3, 0.4) is 0 Å². The second-order valence-electron chi connectivity index (χ2n) is 14.5. The van der Waals surface area contributed by atoms with Crippen LogP contribution in [0.4, 0.5) is 0 Å². The van der Waals surface area contributed by atoms with E-state index < -0.39 is 40.8 Å². The zero-order chi connectivity index (χ0) is 32.7. The zero-order valence-corrected chi connectivity index (χ0v) is 26.5. The second-order valence-corrected chi connectivity index (χ2v) is 14.5. The minimum Gasteiger partial charge on any atom is -0.481 e. The highest BCUT2D eigenvalue weighted by Gasteiger charge is 2.46. The quantitative estimate of drug-likeness (QED) is 0.114. The molecule has 0 aromatic heterocycles. The number of carboxylic acids is 1. The zero-order valence-electron chi connectivity index (χ0n) is 26.5. The molecule has 4 aliphatic carbocycles. The van der Waals surface area contributed by atoms with E-state index in [9.17, 15) is 34.9 Å². The molecule has 0 spiro atoms. The monoisotopic (exact) mass is 642 g/mol. The number of hydrogen-bond donors (Lipinski definition) is 2. The van der Waals surface area contributed by atoms with E-state index in [-0.39, 0.29) is 66.9 Å². The number of esters is 1. The Morgan fingerprint density at radius 2 is 1.29 bits per heavy atom. The van der Waals surface area contributed by atoms with Gasteiger partial charge in [-0.15, -0.1) is 0 Å². The van der Waals surface area contributed by atoms with E-state index in [0.29, 0.717) is 43.9 Å². The highest BCUT2D eigenvalue weighted by molar-refractivity contribution is 5.81. The molecule has 0 bridgehead atoms. The molecule has 0 heterocycles. The standard InChI is InChI=1S/C31H50N2O12/c1-31(2,21-4-10-25(11-5-21)44-30(36)28-16-24(33(39)40)9-14-27(28)29(34)35)22-6-12-26(13-7-22)45-43-18-20-15-23(32(37)38)8-3-19(20)17-42-41/h19-28,41H,3-18H2,1-2H3,(H,34,35). The number of carbonyl (C=O) groups excluding carboxylic acids is 1. The summed E-state index contributed by atoms with van der Waals surface area (Å²) in [6.45, 7) is 4.97. The van der Waals surface area contributed by atoms with E-state index >= 15 is 0 Å². The van der Waals surface area contributed by atoms with E-state index in [4.69, 9.17) is 19.8 Å². The Balaban J connectivity index is 1.19. The third kappa shape index (κ3) is 9.11. The van der Waals surface area contributed by atoms with E-state index in [0.717, 1.165) is 38.5 Å². The summed E-state index contributed by atoms with van der Waals surface area (Å²) in [6.07, 6.45) is 8.09. The van der Waals surface area contributed by atoms with Crippen molar-refractivity contribution in [3.63, 3.8) is 0 Å². The maximum Gasteiger partial charge on any atom is 0.310 e. The van der Waals surface area contributed by atoms with Crippen LogP contribution >= 0.6 is 0 Å². The largest absolute Gasteiger partial charge is 0.481 e. The Bertz CT molecular complexity index is 1020. The maximum absolute atomic E-state index is 13.0. The topological polar surface area (TPSA) is 198 Å². The highest BCUT2D eigenvalue weighted by atomic mass is 17.2. The van der Waals surface area contributed by atoms with E-state index in [1.54, 1.807) is 0 Å². The number of nitrogens with zero attached hydrogens (tertiary/aromatic N) is 2. The van der Waals surface area contributed by atoms with Crippen LogP contribution in [0.15, 0.2) is 0 Å². The van der Waals surface area contributed by atoms with Crippen LogP contribution in [0.25, 0.3) is 0 Å². The molecule has 45 heavy (non-hydrogen) atoms. The molecule has 0 saturated heterocycles. The van der Waals surface area contributed by atoms with Gasteiger partial charge in [-0.05, 0) is 93.3 Å². The Morgan fingerprint density at radius 1 is 0.733 bits per heavy atom. The summed E-state index contributed by atoms with van der Waals surface area (Å²) in [5.74, 6) is -2.85. The van der Waals surface area contributed by atoms with Crippen LogP contribution in [0.2, 0.25) is 0 Å². The van der Waals surface area contributed by atoms with Crippen LogP contribution in [0, 0.1) is 61.2 Å². The molecule has 2 N–H and O–H groups in total. The maximum atomic E-state index is 13.0. The van der Waals surface area contributed by atoms with Gasteiger partial charge in [0.15, 0.2) is 0 Å². The van der Waals surface area contributed by atoms with Crippen molar-refractivity contribution in [2.75, 3.05) is 13.2 Å². The molecular weight excluding hydrogens is 592 g/mol. The molecule has 6 atom stereocenters. The molecule has 0 amide bonds. The summed E-state index contributed by atoms with van der Waals surface area (Å²) < 4.78 is 5.77. The Labute approximate surface area is 263 Å². The molecule has 0 aromatic rings. The summed E-state index contributed by atoms with van der Waals surface area (Å²) in [6, 6.07) is -1.53. The predicted molar refractivity (Wildman–Crippen MR) is 158 cm³/mol. The van der Waals surface area contributed by atoms with Crippen molar-refractivity contribution in [3.05, 3.63) is 20.2 Å². The Hall–Kier alpha value is -2.42. The van der Waals surface area contributed by atoms with Crippen molar-refractivity contribution in [1.29, 1.82) is 0 Å². The predicted octanol–water partition coefficient (Wildman–Crippen LogP) is 5.32. The van der Waals surface area contributed by atoms with Crippen molar-refractivity contribution in [1.82, 2.24) is 0 Å². The van der Waals surface area contributed by atoms with E-state index in [1.807, 2.05) is 0 Å². The number of hydrogen-bond acceptors (Lipinski definition) is 11. The number of carboxylic acid groups (broad SMARTS) is 1. The lowest BCUT2D eigenvalue weighted by Crippen LogP contribution is -2.43. The molecule has 4 fully saturated rings. The van der Waals surface area contributed by atoms with Gasteiger partial charge in [0.2, 0.25) is 12.1 Å². The number of aliphatic carboxylic acids is 1. The molecule has 0 aromatic carbocycles. The van der Waals surface area contributed by atoms with Gasteiger partial charge in [0.05, 0.1) is 31.2 Å². The lowest BCUT2D eigenvalue weighted by Gasteiger charge is -2.46. The van der Waals surface area contributed by atoms with Crippen molar-refractivity contribution in [2.45, 2.75) is 128 Å². The minimum absolute atomic E-state index is 0.0141. The molecule has 0 radical (unpaired) electrons. The molecular formula is C31H50N2O12. The third-order valence-corrected chi connectivity index (χ3v) is 11.7. The fraction of sp³-hybridized carbons (Fsp3) is 0.935. The molecule has 4 rings (SSSR count). The number of rotatable bonds is 13. The van der Waals surface area contributed by atoms with Gasteiger partial charge < -0.3 is 9.84 Å². The normalized spacial score (nSPS) is 36.2. The number of nitro groups is 2. The average molecular weight is 643 g/mol. The smallest absolute Gasteiger partial charge is 0.310 e. The van der Waals surface area contributed by atoms with Crippen LogP contribution in [0.5, 0.6) is 0 Å². The summed E-state index contributed by atoms with van der Waals surface area (Å²) in [5.41, 5.74) is 0.0642. The summed E-state index contributed by atoms with van der Waals surface area (Å²) in [5, 5.41) is 41.1. The highest BCUT2D eigenvalue weighted by Crippen LogP contribution is 2.49. The van der Waals surface area contributed by atoms with E-state index in [2.05, 4.69) is 18.7 Å². The summed E-state index contributed by atoms with van der Waals surface area (Å²) in [7, 11) is 0. The summed E-state index contributed by atoms with van der Waals surface area (Å²) >= 11 is 0. The lowest BCUT2D eigenvalue weighted by atomic mass is 9.60. The summed E-state index contributed by atoms with van der Waals surface area (Å²) in [4.78, 5) is 62.3. The van der Waals surface area contributed by atoms with Gasteiger partial charge in [-0.3, -0.25) is 35.1 Å². The van der Waals surface area contributed by atoms with Gasteiger partial charge in [0, 0.05) is 35.5 Å². The first-order valence-corrected chi connectivity index (χ1v) is 16.7. The van der Waals surface area contributed by atoms with Crippen LogP contribution in [-0.4, -0.2) is 69.7 Å². The van der Waals surface area contributed by atoms with Gasteiger partial charge in [0.1, 0.15) is 6.10 Å². The fourth-order valence-corrected chi connectivity index (χ4v) is 8.54. The van der Waals surface area contributed by atoms with Crippen molar-refractivity contribution in [3.8, 4) is 0 Å². The van der Waals surface area contributed by atoms with Gasteiger partial charge in [0.25, 0.3) is 0 Å². The first-order valence-electron chi connectivity index (χ1n) is 16.7. The number of carbonyl (C=O) groups is 2.